The van der Waals surface area contributed by atoms with Crippen LogP contribution in [-0.2, 0) is 4.74 Å². The van der Waals surface area contributed by atoms with Crippen LogP contribution >= 0.6 is 11.6 Å². The first-order valence-corrected chi connectivity index (χ1v) is 3.96. The van der Waals surface area contributed by atoms with Gasteiger partial charge in [-0.15, -0.1) is 11.6 Å². The molecule has 0 aromatic carbocycles. The largest absolute Gasteiger partial charge is 0.394 e. The summed E-state index contributed by atoms with van der Waals surface area (Å²) in [6, 6.07) is 0. The lowest BCUT2D eigenvalue weighted by molar-refractivity contribution is -0.249. The molecule has 1 fully saturated rings. The standard InChI is InChI=1S/C6H11ClO5/c7-3-4(9)2(1-8)12-6(11)5(3)10/h2-6,8-11H,1H2/t2-,3+,4-,5-,6?/m1/s1. The van der Waals surface area contributed by atoms with Gasteiger partial charge in [-0.1, -0.05) is 0 Å². The van der Waals surface area contributed by atoms with Crippen LogP contribution in [0.25, 0.3) is 0 Å². The molecule has 1 aliphatic rings. The molecular weight excluding hydrogens is 188 g/mol. The molecule has 12 heavy (non-hydrogen) atoms. The van der Waals surface area contributed by atoms with E-state index in [1.165, 1.54) is 0 Å². The van der Waals surface area contributed by atoms with Crippen molar-refractivity contribution >= 4 is 11.6 Å². The number of aliphatic hydroxyl groups is 4. The zero-order chi connectivity index (χ0) is 9.30. The molecule has 1 rings (SSSR count). The van der Waals surface area contributed by atoms with Gasteiger partial charge in [0.15, 0.2) is 6.29 Å². The smallest absolute Gasteiger partial charge is 0.182 e. The molecule has 0 aromatic rings. The Labute approximate surface area is 74.2 Å². The predicted octanol–water partition coefficient (Wildman–Crippen LogP) is -1.97. The van der Waals surface area contributed by atoms with E-state index in [-0.39, 0.29) is 0 Å². The third-order valence-corrected chi connectivity index (χ3v) is 2.34. The summed E-state index contributed by atoms with van der Waals surface area (Å²) in [7, 11) is 0. The summed E-state index contributed by atoms with van der Waals surface area (Å²) in [5.74, 6) is 0. The molecule has 0 saturated carbocycles. The van der Waals surface area contributed by atoms with Gasteiger partial charge in [-0.3, -0.25) is 0 Å². The molecule has 0 aliphatic carbocycles. The first kappa shape index (κ1) is 10.2. The predicted molar refractivity (Wildman–Crippen MR) is 39.6 cm³/mol. The summed E-state index contributed by atoms with van der Waals surface area (Å²) in [5.41, 5.74) is 0. The topological polar surface area (TPSA) is 90.2 Å². The van der Waals surface area contributed by atoms with E-state index < -0.39 is 36.6 Å². The van der Waals surface area contributed by atoms with Crippen molar-refractivity contribution < 1.29 is 25.2 Å². The van der Waals surface area contributed by atoms with Crippen molar-refractivity contribution in [3.63, 3.8) is 0 Å². The molecule has 0 amide bonds. The number of aliphatic hydroxyl groups excluding tert-OH is 4. The van der Waals surface area contributed by atoms with E-state index >= 15 is 0 Å². The third-order valence-electron chi connectivity index (χ3n) is 1.82. The average Bonchev–Trinajstić information content (AvgIpc) is 2.08. The van der Waals surface area contributed by atoms with E-state index in [2.05, 4.69) is 4.74 Å². The van der Waals surface area contributed by atoms with Crippen molar-refractivity contribution in [3.8, 4) is 0 Å². The quantitative estimate of drug-likeness (QED) is 0.367. The molecular formula is C6H11ClO5. The van der Waals surface area contributed by atoms with Gasteiger partial charge in [0, 0.05) is 0 Å². The van der Waals surface area contributed by atoms with Crippen LogP contribution in [0.15, 0.2) is 0 Å². The fraction of sp³-hybridized carbons (Fsp3) is 1.00. The Kier molecular flexibility index (Phi) is 3.28. The van der Waals surface area contributed by atoms with Crippen LogP contribution in [0.3, 0.4) is 0 Å². The van der Waals surface area contributed by atoms with Gasteiger partial charge >= 0.3 is 0 Å². The normalized spacial score (nSPS) is 49.2. The molecule has 5 nitrogen and oxygen atoms in total. The van der Waals surface area contributed by atoms with Gasteiger partial charge in [-0.05, 0) is 0 Å². The maximum Gasteiger partial charge on any atom is 0.182 e. The Morgan fingerprint density at radius 3 is 2.25 bits per heavy atom. The third kappa shape index (κ3) is 1.71. The highest BCUT2D eigenvalue weighted by Crippen LogP contribution is 2.23. The van der Waals surface area contributed by atoms with Crippen molar-refractivity contribution in [3.05, 3.63) is 0 Å². The maximum absolute atomic E-state index is 9.24. The molecule has 0 bridgehead atoms. The van der Waals surface area contributed by atoms with E-state index in [4.69, 9.17) is 26.9 Å². The van der Waals surface area contributed by atoms with Crippen LogP contribution in [-0.4, -0.2) is 57.0 Å². The highest BCUT2D eigenvalue weighted by molar-refractivity contribution is 6.21. The van der Waals surface area contributed by atoms with E-state index in [1.54, 1.807) is 0 Å². The van der Waals surface area contributed by atoms with Crippen LogP contribution in [0.5, 0.6) is 0 Å². The van der Waals surface area contributed by atoms with Crippen LogP contribution in [0, 0.1) is 0 Å². The lowest BCUT2D eigenvalue weighted by atomic mass is 10.0. The molecule has 5 atom stereocenters. The summed E-state index contributed by atoms with van der Waals surface area (Å²) in [6.45, 7) is -0.450. The van der Waals surface area contributed by atoms with E-state index in [1.807, 2.05) is 0 Å². The number of hydrogen-bond acceptors (Lipinski definition) is 5. The molecule has 4 N–H and O–H groups in total. The fourth-order valence-corrected chi connectivity index (χ4v) is 1.34. The van der Waals surface area contributed by atoms with Gasteiger partial charge in [-0.25, -0.2) is 0 Å². The Balaban J connectivity index is 2.63. The molecule has 0 spiro atoms. The Morgan fingerprint density at radius 1 is 1.17 bits per heavy atom. The summed E-state index contributed by atoms with van der Waals surface area (Å²) >= 11 is 5.53. The van der Waals surface area contributed by atoms with Crippen molar-refractivity contribution in [2.45, 2.75) is 30.0 Å². The molecule has 1 unspecified atom stereocenters. The van der Waals surface area contributed by atoms with Gasteiger partial charge in [0.05, 0.1) is 12.0 Å². The molecule has 6 heteroatoms. The van der Waals surface area contributed by atoms with Crippen LogP contribution in [0.2, 0.25) is 0 Å². The van der Waals surface area contributed by atoms with Gasteiger partial charge in [-0.2, -0.15) is 0 Å². The summed E-state index contributed by atoms with van der Waals surface area (Å²) < 4.78 is 4.65. The van der Waals surface area contributed by atoms with E-state index in [0.717, 1.165) is 0 Å². The minimum absolute atomic E-state index is 0.450. The Morgan fingerprint density at radius 2 is 1.75 bits per heavy atom. The second-order valence-corrected chi connectivity index (χ2v) is 3.18. The van der Waals surface area contributed by atoms with Gasteiger partial charge < -0.3 is 25.2 Å². The van der Waals surface area contributed by atoms with E-state index in [0.29, 0.717) is 0 Å². The second kappa shape index (κ2) is 3.87. The summed E-state index contributed by atoms with van der Waals surface area (Å²) in [5, 5.41) is 34.9. The van der Waals surface area contributed by atoms with Crippen LogP contribution in [0.4, 0.5) is 0 Å². The minimum atomic E-state index is -1.45. The van der Waals surface area contributed by atoms with Crippen molar-refractivity contribution in [2.75, 3.05) is 6.61 Å². The van der Waals surface area contributed by atoms with Crippen molar-refractivity contribution in [1.82, 2.24) is 0 Å². The first-order valence-electron chi connectivity index (χ1n) is 3.52. The van der Waals surface area contributed by atoms with Crippen molar-refractivity contribution in [2.24, 2.45) is 0 Å². The number of rotatable bonds is 1. The van der Waals surface area contributed by atoms with Crippen LogP contribution < -0.4 is 0 Å². The Hall–Kier alpha value is 0.0900. The number of alkyl halides is 1. The van der Waals surface area contributed by atoms with Gasteiger partial charge in [0.25, 0.3) is 0 Å². The number of hydrogen-bond donors (Lipinski definition) is 4. The lowest BCUT2D eigenvalue weighted by Gasteiger charge is -2.37. The van der Waals surface area contributed by atoms with Gasteiger partial charge in [0.2, 0.25) is 0 Å². The zero-order valence-electron chi connectivity index (χ0n) is 6.17. The molecule has 1 aliphatic heterocycles. The monoisotopic (exact) mass is 198 g/mol. The molecule has 1 saturated heterocycles. The highest BCUT2D eigenvalue weighted by atomic mass is 35.5. The number of ether oxygens (including phenoxy) is 1. The molecule has 0 aromatic heterocycles. The molecule has 0 radical (unpaired) electrons. The maximum atomic E-state index is 9.24. The van der Waals surface area contributed by atoms with Crippen LogP contribution in [0.1, 0.15) is 0 Å². The van der Waals surface area contributed by atoms with Crippen molar-refractivity contribution in [1.29, 1.82) is 0 Å². The summed E-state index contributed by atoms with van der Waals surface area (Å²) in [6.07, 6.45) is -4.89. The lowest BCUT2D eigenvalue weighted by Crippen LogP contribution is -2.56. The fourth-order valence-electron chi connectivity index (χ4n) is 1.06. The highest BCUT2D eigenvalue weighted by Gasteiger charge is 2.42. The zero-order valence-corrected chi connectivity index (χ0v) is 6.92. The second-order valence-electron chi connectivity index (χ2n) is 2.67. The number of halogens is 1. The Bertz CT molecular complexity index is 150. The minimum Gasteiger partial charge on any atom is -0.394 e. The molecule has 72 valence electrons. The van der Waals surface area contributed by atoms with Gasteiger partial charge in [0.1, 0.15) is 18.3 Å². The average molecular weight is 199 g/mol. The molecule has 1 heterocycles. The van der Waals surface area contributed by atoms with E-state index in [9.17, 15) is 5.11 Å². The summed E-state index contributed by atoms with van der Waals surface area (Å²) in [4.78, 5) is 0. The first-order chi connectivity index (χ1) is 5.57. The SMILES string of the molecule is OC[C@H]1OC(O)[C@H](O)[C@@H](Cl)[C@@H]1O.